The molecule has 0 radical (unpaired) electrons. The van der Waals surface area contributed by atoms with Gasteiger partial charge in [0.05, 0.1) is 0 Å². The smallest absolute Gasteiger partial charge is 0.0338 e. The molecule has 2 rings (SSSR count). The molecule has 0 aromatic carbocycles. The molecule has 0 aromatic rings. The monoisotopic (exact) mass is 175 g/mol. The van der Waals surface area contributed by atoms with Crippen molar-refractivity contribution in [3.63, 3.8) is 0 Å². The van der Waals surface area contributed by atoms with Crippen LogP contribution in [0.1, 0.15) is 26.7 Å². The Kier molecular flexibility index (Phi) is 2.03. The van der Waals surface area contributed by atoms with Gasteiger partial charge in [0.1, 0.15) is 0 Å². The van der Waals surface area contributed by atoms with Crippen LogP contribution in [0.5, 0.6) is 0 Å². The molecular formula is C12H17N. The molecule has 0 N–H and O–H groups in total. The Bertz CT molecular complexity index is 279. The summed E-state index contributed by atoms with van der Waals surface area (Å²) in [6.07, 6.45) is 9.38. The minimum Gasteiger partial charge on any atom is -0.346 e. The summed E-state index contributed by atoms with van der Waals surface area (Å²) in [4.78, 5) is 2.21. The Labute approximate surface area is 80.4 Å². The second-order valence-electron chi connectivity index (χ2n) is 4.23. The normalized spacial score (nSPS) is 22.5. The van der Waals surface area contributed by atoms with Crippen LogP contribution < -0.4 is 0 Å². The van der Waals surface area contributed by atoms with E-state index in [0.29, 0.717) is 6.04 Å². The zero-order valence-electron chi connectivity index (χ0n) is 8.46. The van der Waals surface area contributed by atoms with Crippen LogP contribution in [0.3, 0.4) is 0 Å². The number of rotatable bonds is 2. The van der Waals surface area contributed by atoms with E-state index in [1.807, 2.05) is 0 Å². The van der Waals surface area contributed by atoms with Gasteiger partial charge in [-0.1, -0.05) is 6.58 Å². The first-order valence-electron chi connectivity index (χ1n) is 5.05. The minimum atomic E-state index is 0.515. The Morgan fingerprint density at radius 1 is 1.46 bits per heavy atom. The molecule has 0 unspecified atom stereocenters. The molecule has 1 heteroatoms. The molecule has 0 spiro atoms. The maximum atomic E-state index is 4.08. The fraction of sp³-hybridized carbons (Fsp3) is 0.500. The van der Waals surface area contributed by atoms with Crippen molar-refractivity contribution < 1.29 is 0 Å². The number of nitrogens with zero attached hydrogens (tertiary/aromatic N) is 1. The fourth-order valence-electron chi connectivity index (χ4n) is 1.75. The maximum Gasteiger partial charge on any atom is 0.0338 e. The summed E-state index contributed by atoms with van der Waals surface area (Å²) in [6, 6.07) is 0.515. The highest BCUT2D eigenvalue weighted by Gasteiger charge is 2.26. The van der Waals surface area contributed by atoms with E-state index in [4.69, 9.17) is 0 Å². The number of allylic oxidation sites excluding steroid dienone is 3. The van der Waals surface area contributed by atoms with Crippen LogP contribution in [0.4, 0.5) is 0 Å². The van der Waals surface area contributed by atoms with E-state index in [2.05, 4.69) is 43.7 Å². The molecular weight excluding hydrogens is 158 g/mol. The van der Waals surface area contributed by atoms with Gasteiger partial charge in [-0.15, -0.1) is 0 Å². The largest absolute Gasteiger partial charge is 0.346 e. The first-order valence-corrected chi connectivity index (χ1v) is 5.05. The second kappa shape index (κ2) is 3.06. The van der Waals surface area contributed by atoms with Gasteiger partial charge < -0.3 is 4.90 Å². The maximum absolute atomic E-state index is 4.08. The Hall–Kier alpha value is -0.980. The van der Waals surface area contributed by atoms with Gasteiger partial charge in [0, 0.05) is 17.9 Å². The Morgan fingerprint density at radius 3 is 2.62 bits per heavy atom. The van der Waals surface area contributed by atoms with Crippen LogP contribution in [0.2, 0.25) is 0 Å². The minimum absolute atomic E-state index is 0.515. The third-order valence-corrected chi connectivity index (χ3v) is 2.70. The van der Waals surface area contributed by atoms with Crippen molar-refractivity contribution in [3.05, 3.63) is 36.2 Å². The molecule has 1 nitrogen and oxygen atoms in total. The fourth-order valence-corrected chi connectivity index (χ4v) is 1.75. The molecule has 2 aliphatic rings. The SMILES string of the molecule is C=C1C=C(C2CC2)C=CN1C(C)C. The summed E-state index contributed by atoms with van der Waals surface area (Å²) in [7, 11) is 0. The van der Waals surface area contributed by atoms with Gasteiger partial charge in [0.25, 0.3) is 0 Å². The Balaban J connectivity index is 2.11. The van der Waals surface area contributed by atoms with Crippen molar-refractivity contribution in [2.45, 2.75) is 32.7 Å². The van der Waals surface area contributed by atoms with E-state index in [1.54, 1.807) is 0 Å². The zero-order valence-corrected chi connectivity index (χ0v) is 8.46. The van der Waals surface area contributed by atoms with Gasteiger partial charge in [-0.05, 0) is 50.3 Å². The van der Waals surface area contributed by atoms with E-state index in [9.17, 15) is 0 Å². The standard InChI is InChI=1S/C12H17N/c1-9(2)13-7-6-12(8-10(13)3)11-4-5-11/h6-9,11H,3-5H2,1-2H3. The zero-order chi connectivity index (χ0) is 9.42. The molecule has 0 bridgehead atoms. The lowest BCUT2D eigenvalue weighted by Gasteiger charge is -2.28. The lowest BCUT2D eigenvalue weighted by atomic mass is 10.1. The van der Waals surface area contributed by atoms with Crippen LogP contribution in [-0.2, 0) is 0 Å². The quantitative estimate of drug-likeness (QED) is 0.623. The second-order valence-corrected chi connectivity index (χ2v) is 4.23. The summed E-state index contributed by atoms with van der Waals surface area (Å²) >= 11 is 0. The molecule has 0 atom stereocenters. The molecule has 1 aliphatic heterocycles. The van der Waals surface area contributed by atoms with Crippen molar-refractivity contribution >= 4 is 0 Å². The van der Waals surface area contributed by atoms with Gasteiger partial charge in [0.2, 0.25) is 0 Å². The third-order valence-electron chi connectivity index (χ3n) is 2.70. The molecule has 1 fully saturated rings. The van der Waals surface area contributed by atoms with E-state index in [-0.39, 0.29) is 0 Å². The van der Waals surface area contributed by atoms with Gasteiger partial charge in [-0.3, -0.25) is 0 Å². The first kappa shape index (κ1) is 8.61. The third kappa shape index (κ3) is 1.69. The summed E-state index contributed by atoms with van der Waals surface area (Å²) in [5, 5.41) is 0. The molecule has 0 saturated heterocycles. The average Bonchev–Trinajstić information content (AvgIpc) is 2.85. The highest BCUT2D eigenvalue weighted by atomic mass is 15.1. The van der Waals surface area contributed by atoms with Crippen LogP contribution in [0.25, 0.3) is 0 Å². The van der Waals surface area contributed by atoms with Crippen molar-refractivity contribution in [3.8, 4) is 0 Å². The molecule has 0 amide bonds. The molecule has 70 valence electrons. The topological polar surface area (TPSA) is 3.24 Å². The molecule has 13 heavy (non-hydrogen) atoms. The van der Waals surface area contributed by atoms with Gasteiger partial charge in [0.15, 0.2) is 0 Å². The van der Waals surface area contributed by atoms with Crippen molar-refractivity contribution in [1.82, 2.24) is 4.90 Å². The summed E-state index contributed by atoms with van der Waals surface area (Å²) in [6.45, 7) is 8.45. The molecule has 1 saturated carbocycles. The van der Waals surface area contributed by atoms with Crippen LogP contribution >= 0.6 is 0 Å². The van der Waals surface area contributed by atoms with Crippen LogP contribution in [-0.4, -0.2) is 10.9 Å². The first-order chi connectivity index (χ1) is 6.18. The summed E-state index contributed by atoms with van der Waals surface area (Å²) in [5.41, 5.74) is 2.61. The van der Waals surface area contributed by atoms with E-state index >= 15 is 0 Å². The van der Waals surface area contributed by atoms with Crippen LogP contribution in [0.15, 0.2) is 36.2 Å². The van der Waals surface area contributed by atoms with Crippen molar-refractivity contribution in [2.24, 2.45) is 5.92 Å². The molecule has 1 heterocycles. The highest BCUT2D eigenvalue weighted by molar-refractivity contribution is 5.37. The lowest BCUT2D eigenvalue weighted by molar-refractivity contribution is 0.392. The van der Waals surface area contributed by atoms with E-state index in [0.717, 1.165) is 11.6 Å². The lowest BCUT2D eigenvalue weighted by Crippen LogP contribution is -2.25. The highest BCUT2D eigenvalue weighted by Crippen LogP contribution is 2.39. The summed E-state index contributed by atoms with van der Waals surface area (Å²) < 4.78 is 0. The number of hydrogen-bond acceptors (Lipinski definition) is 1. The molecule has 1 aliphatic carbocycles. The molecule has 0 aromatic heterocycles. The average molecular weight is 175 g/mol. The Morgan fingerprint density at radius 2 is 2.15 bits per heavy atom. The number of hydrogen-bond donors (Lipinski definition) is 0. The van der Waals surface area contributed by atoms with E-state index < -0.39 is 0 Å². The van der Waals surface area contributed by atoms with Gasteiger partial charge in [-0.2, -0.15) is 0 Å². The van der Waals surface area contributed by atoms with Crippen molar-refractivity contribution in [1.29, 1.82) is 0 Å². The van der Waals surface area contributed by atoms with Gasteiger partial charge in [-0.25, -0.2) is 0 Å². The summed E-state index contributed by atoms with van der Waals surface area (Å²) in [5.74, 6) is 0.835. The predicted octanol–water partition coefficient (Wildman–Crippen LogP) is 3.07. The van der Waals surface area contributed by atoms with Crippen molar-refractivity contribution in [2.75, 3.05) is 0 Å². The van der Waals surface area contributed by atoms with Gasteiger partial charge >= 0.3 is 0 Å². The predicted molar refractivity (Wildman–Crippen MR) is 56.1 cm³/mol. The van der Waals surface area contributed by atoms with Crippen LogP contribution in [0, 0.1) is 5.92 Å². The van der Waals surface area contributed by atoms with E-state index in [1.165, 1.54) is 18.4 Å².